The molecule has 0 N–H and O–H groups in total. The fraction of sp³-hybridized carbons (Fsp3) is 0.760. The standard InChI is InChI=1S/C25H39F3OSi/c1-2-3-4-17-30-18-13-23(14-19-30)21-7-5-20(6-8-21)22-9-11-24(12-10-22)29-16-15-25(26,27)28/h9-12,20-21,23,30H,2-8,13-19H2,1H3/t20?,21?,23-,30-. The van der Waals surface area contributed by atoms with Crippen LogP contribution < -0.4 is 4.74 Å². The van der Waals surface area contributed by atoms with Crippen molar-refractivity contribution in [3.63, 3.8) is 0 Å². The number of unbranched alkanes of at least 4 members (excludes halogenated alkanes) is 2. The molecule has 30 heavy (non-hydrogen) atoms. The summed E-state index contributed by atoms with van der Waals surface area (Å²) in [5.74, 6) is 3.05. The molecule has 0 atom stereocenters. The van der Waals surface area contributed by atoms with Crippen molar-refractivity contribution in [2.75, 3.05) is 6.61 Å². The van der Waals surface area contributed by atoms with Gasteiger partial charge in [-0.2, -0.15) is 13.2 Å². The molecule has 1 aromatic carbocycles. The minimum Gasteiger partial charge on any atom is -0.493 e. The summed E-state index contributed by atoms with van der Waals surface area (Å²) in [5.41, 5.74) is 1.32. The molecule has 0 unspecified atom stereocenters. The van der Waals surface area contributed by atoms with Gasteiger partial charge in [0.2, 0.25) is 0 Å². The van der Waals surface area contributed by atoms with E-state index in [0.29, 0.717) is 11.7 Å². The largest absolute Gasteiger partial charge is 0.493 e. The van der Waals surface area contributed by atoms with Crippen molar-refractivity contribution >= 4 is 8.80 Å². The summed E-state index contributed by atoms with van der Waals surface area (Å²) in [5, 5.41) is 0. The van der Waals surface area contributed by atoms with Crippen molar-refractivity contribution < 1.29 is 17.9 Å². The van der Waals surface area contributed by atoms with Crippen molar-refractivity contribution in [1.82, 2.24) is 0 Å². The van der Waals surface area contributed by atoms with E-state index in [9.17, 15) is 13.2 Å². The first-order valence-corrected chi connectivity index (χ1v) is 14.7. The monoisotopic (exact) mass is 440 g/mol. The van der Waals surface area contributed by atoms with Crippen LogP contribution in [0, 0.1) is 11.8 Å². The summed E-state index contributed by atoms with van der Waals surface area (Å²) in [4.78, 5) is 0. The second-order valence-corrected chi connectivity index (χ2v) is 13.1. The van der Waals surface area contributed by atoms with E-state index in [0.717, 1.165) is 11.8 Å². The van der Waals surface area contributed by atoms with Gasteiger partial charge < -0.3 is 4.74 Å². The molecule has 3 rings (SSSR count). The number of halogens is 3. The Hall–Kier alpha value is -0.973. The van der Waals surface area contributed by atoms with Gasteiger partial charge in [-0.3, -0.25) is 0 Å². The lowest BCUT2D eigenvalue weighted by atomic mass is 9.72. The molecule has 1 saturated heterocycles. The van der Waals surface area contributed by atoms with Crippen LogP contribution in [0.1, 0.15) is 82.6 Å². The van der Waals surface area contributed by atoms with E-state index in [1.165, 1.54) is 63.4 Å². The number of alkyl halides is 3. The highest BCUT2D eigenvalue weighted by Gasteiger charge is 2.31. The Bertz CT molecular complexity index is 600. The summed E-state index contributed by atoms with van der Waals surface area (Å²) in [6.07, 6.45) is 7.41. The normalized spacial score (nSPS) is 27.7. The van der Waals surface area contributed by atoms with Crippen LogP contribution in [0.25, 0.3) is 0 Å². The number of benzene rings is 1. The van der Waals surface area contributed by atoms with E-state index >= 15 is 0 Å². The van der Waals surface area contributed by atoms with Gasteiger partial charge in [0.15, 0.2) is 0 Å². The van der Waals surface area contributed by atoms with Gasteiger partial charge in [0.05, 0.1) is 13.0 Å². The van der Waals surface area contributed by atoms with Gasteiger partial charge in [-0.1, -0.05) is 69.3 Å². The molecule has 1 aliphatic carbocycles. The SMILES string of the molecule is CCCCC[Si@H]1CC[C@H](C2CCC(c3ccc(OCCC(F)(F)F)cc3)CC2)CC1. The van der Waals surface area contributed by atoms with Gasteiger partial charge in [-0.05, 0) is 61.1 Å². The maximum Gasteiger partial charge on any atom is 0.392 e. The molecule has 2 aliphatic rings. The molecule has 1 saturated carbocycles. The molecule has 1 nitrogen and oxygen atoms in total. The minimum absolute atomic E-state index is 0.308. The Kier molecular flexibility index (Phi) is 9.15. The number of hydrogen-bond donors (Lipinski definition) is 0. The quantitative estimate of drug-likeness (QED) is 0.278. The van der Waals surface area contributed by atoms with E-state index in [4.69, 9.17) is 4.74 Å². The summed E-state index contributed by atoms with van der Waals surface area (Å²) in [6, 6.07) is 12.5. The predicted molar refractivity (Wildman–Crippen MR) is 121 cm³/mol. The maximum absolute atomic E-state index is 12.2. The molecule has 2 fully saturated rings. The van der Waals surface area contributed by atoms with Gasteiger partial charge in [0, 0.05) is 8.80 Å². The molecular formula is C25H39F3OSi. The highest BCUT2D eigenvalue weighted by molar-refractivity contribution is 6.58. The Morgan fingerprint density at radius 1 is 0.900 bits per heavy atom. The first-order chi connectivity index (χ1) is 14.4. The van der Waals surface area contributed by atoms with Crippen LogP contribution in [0.2, 0.25) is 18.1 Å². The van der Waals surface area contributed by atoms with E-state index in [1.807, 2.05) is 12.1 Å². The van der Waals surface area contributed by atoms with Crippen molar-refractivity contribution in [3.8, 4) is 5.75 Å². The summed E-state index contributed by atoms with van der Waals surface area (Å²) >= 11 is 0. The molecule has 0 bridgehead atoms. The fourth-order valence-electron chi connectivity index (χ4n) is 5.68. The highest BCUT2D eigenvalue weighted by atomic mass is 28.3. The predicted octanol–water partition coefficient (Wildman–Crippen LogP) is 8.12. The average Bonchev–Trinajstić information content (AvgIpc) is 2.74. The molecule has 0 aromatic heterocycles. The molecule has 1 aliphatic heterocycles. The summed E-state index contributed by atoms with van der Waals surface area (Å²) < 4.78 is 41.9. The number of ether oxygens (including phenoxy) is 1. The molecule has 170 valence electrons. The van der Waals surface area contributed by atoms with Gasteiger partial charge in [-0.25, -0.2) is 0 Å². The van der Waals surface area contributed by atoms with Crippen LogP contribution in [0.3, 0.4) is 0 Å². The summed E-state index contributed by atoms with van der Waals surface area (Å²) in [6.45, 7) is 1.99. The topological polar surface area (TPSA) is 9.23 Å². The first-order valence-electron chi connectivity index (χ1n) is 12.2. The Morgan fingerprint density at radius 2 is 1.53 bits per heavy atom. The van der Waals surface area contributed by atoms with Crippen molar-refractivity contribution in [1.29, 1.82) is 0 Å². The Balaban J connectivity index is 1.37. The third-order valence-corrected chi connectivity index (χ3v) is 11.1. The van der Waals surface area contributed by atoms with Crippen LogP contribution in [-0.2, 0) is 0 Å². The highest BCUT2D eigenvalue weighted by Crippen LogP contribution is 2.43. The van der Waals surface area contributed by atoms with E-state index in [-0.39, 0.29) is 6.61 Å². The molecule has 0 spiro atoms. The lowest BCUT2D eigenvalue weighted by molar-refractivity contribution is -0.139. The summed E-state index contributed by atoms with van der Waals surface area (Å²) in [7, 11) is -0.409. The molecular weight excluding hydrogens is 401 g/mol. The van der Waals surface area contributed by atoms with E-state index < -0.39 is 21.4 Å². The molecule has 1 aromatic rings. The number of hydrogen-bond acceptors (Lipinski definition) is 1. The first kappa shape index (κ1) is 23.7. The van der Waals surface area contributed by atoms with Crippen molar-refractivity contribution in [2.45, 2.75) is 101 Å². The smallest absolute Gasteiger partial charge is 0.392 e. The second kappa shape index (κ2) is 11.6. The Labute approximate surface area is 182 Å². The van der Waals surface area contributed by atoms with Crippen LogP contribution in [-0.4, -0.2) is 21.6 Å². The maximum atomic E-state index is 12.2. The Morgan fingerprint density at radius 3 is 2.13 bits per heavy atom. The molecule has 0 amide bonds. The minimum atomic E-state index is -4.16. The third-order valence-electron chi connectivity index (χ3n) is 7.55. The average molecular weight is 441 g/mol. The zero-order valence-electron chi connectivity index (χ0n) is 18.6. The fourth-order valence-corrected chi connectivity index (χ4v) is 9.21. The number of rotatable bonds is 9. The van der Waals surface area contributed by atoms with Crippen LogP contribution in [0.15, 0.2) is 24.3 Å². The van der Waals surface area contributed by atoms with Crippen molar-refractivity contribution in [2.24, 2.45) is 11.8 Å². The van der Waals surface area contributed by atoms with Gasteiger partial charge in [0.1, 0.15) is 5.75 Å². The molecule has 5 heteroatoms. The van der Waals surface area contributed by atoms with Crippen LogP contribution >= 0.6 is 0 Å². The zero-order chi connectivity index (χ0) is 21.4. The zero-order valence-corrected chi connectivity index (χ0v) is 19.7. The third kappa shape index (κ3) is 7.62. The van der Waals surface area contributed by atoms with Gasteiger partial charge in [-0.15, -0.1) is 0 Å². The van der Waals surface area contributed by atoms with Crippen LogP contribution in [0.5, 0.6) is 5.75 Å². The van der Waals surface area contributed by atoms with Crippen molar-refractivity contribution in [3.05, 3.63) is 29.8 Å². The second-order valence-electron chi connectivity index (χ2n) is 9.67. The lowest BCUT2D eigenvalue weighted by Gasteiger charge is -2.37. The van der Waals surface area contributed by atoms with E-state index in [2.05, 4.69) is 19.1 Å². The molecule has 1 heterocycles. The van der Waals surface area contributed by atoms with Gasteiger partial charge >= 0.3 is 6.18 Å². The van der Waals surface area contributed by atoms with E-state index in [1.54, 1.807) is 18.1 Å². The molecule has 0 radical (unpaired) electrons. The lowest BCUT2D eigenvalue weighted by Crippen LogP contribution is -2.28. The van der Waals surface area contributed by atoms with Gasteiger partial charge in [0.25, 0.3) is 0 Å². The van der Waals surface area contributed by atoms with Crippen LogP contribution in [0.4, 0.5) is 13.2 Å².